The van der Waals surface area contributed by atoms with Crippen molar-refractivity contribution in [2.75, 3.05) is 0 Å². The molecule has 30 heavy (non-hydrogen) atoms. The Bertz CT molecular complexity index is 1200. The molecule has 0 aliphatic heterocycles. The Labute approximate surface area is 178 Å². The maximum Gasteiger partial charge on any atom is 0.307 e. The molecule has 0 saturated carbocycles. The van der Waals surface area contributed by atoms with Crippen molar-refractivity contribution in [3.8, 4) is 11.5 Å². The predicted octanol–water partition coefficient (Wildman–Crippen LogP) is 7.07. The quantitative estimate of drug-likeness (QED) is 0.480. The highest BCUT2D eigenvalue weighted by Crippen LogP contribution is 2.45. The predicted molar refractivity (Wildman–Crippen MR) is 117 cm³/mol. The fourth-order valence-electron chi connectivity index (χ4n) is 3.61. The Morgan fingerprint density at radius 2 is 1.77 bits per heavy atom. The smallest absolute Gasteiger partial charge is 0.307 e. The Morgan fingerprint density at radius 3 is 2.50 bits per heavy atom. The summed E-state index contributed by atoms with van der Waals surface area (Å²) in [4.78, 5) is 11.4. The van der Waals surface area contributed by atoms with E-state index in [1.807, 2.05) is 67.6 Å². The van der Waals surface area contributed by atoms with E-state index in [2.05, 4.69) is 0 Å². The van der Waals surface area contributed by atoms with E-state index < -0.39 is 11.8 Å². The van der Waals surface area contributed by atoms with E-state index in [9.17, 15) is 14.3 Å². The van der Waals surface area contributed by atoms with Crippen LogP contribution in [-0.2, 0) is 4.79 Å². The van der Waals surface area contributed by atoms with Gasteiger partial charge >= 0.3 is 5.97 Å². The van der Waals surface area contributed by atoms with Crippen LogP contribution >= 0.6 is 11.6 Å². The average molecular weight is 421 g/mol. The van der Waals surface area contributed by atoms with Gasteiger partial charge in [-0.1, -0.05) is 41.9 Å². The minimum absolute atomic E-state index is 0.00480. The third-order valence-corrected chi connectivity index (χ3v) is 5.30. The van der Waals surface area contributed by atoms with Gasteiger partial charge in [0.05, 0.1) is 11.4 Å². The van der Waals surface area contributed by atoms with Crippen LogP contribution in [0.1, 0.15) is 30.0 Å². The second-order valence-electron chi connectivity index (χ2n) is 7.03. The van der Waals surface area contributed by atoms with Gasteiger partial charge in [-0.25, -0.2) is 4.39 Å². The van der Waals surface area contributed by atoms with Crippen molar-refractivity contribution in [2.45, 2.75) is 13.3 Å². The first kappa shape index (κ1) is 19.9. The molecule has 1 aliphatic rings. The number of carboxylic acid groups (broad SMARTS) is 1. The van der Waals surface area contributed by atoms with E-state index in [4.69, 9.17) is 16.3 Å². The number of benzene rings is 3. The fourth-order valence-corrected chi connectivity index (χ4v) is 3.77. The molecule has 5 heteroatoms. The number of carboxylic acids is 1. The number of hydrogen-bond donors (Lipinski definition) is 1. The molecule has 0 fully saturated rings. The molecular weight excluding hydrogens is 403 g/mol. The lowest BCUT2D eigenvalue weighted by atomic mass is 10.0. The van der Waals surface area contributed by atoms with Gasteiger partial charge in [0.2, 0.25) is 0 Å². The molecule has 0 amide bonds. The first-order valence-corrected chi connectivity index (χ1v) is 9.76. The lowest BCUT2D eigenvalue weighted by molar-refractivity contribution is -0.135. The van der Waals surface area contributed by atoms with E-state index in [1.54, 1.807) is 6.07 Å². The third-order valence-electron chi connectivity index (χ3n) is 5.01. The fraction of sp³-hybridized carbons (Fsp3) is 0.0800. The Morgan fingerprint density at radius 1 is 1.03 bits per heavy atom. The molecule has 0 heterocycles. The van der Waals surface area contributed by atoms with Gasteiger partial charge in [0, 0.05) is 0 Å². The van der Waals surface area contributed by atoms with Crippen LogP contribution in [0, 0.1) is 5.82 Å². The summed E-state index contributed by atoms with van der Waals surface area (Å²) in [5, 5.41) is 9.31. The number of hydrogen-bond acceptors (Lipinski definition) is 2. The monoisotopic (exact) mass is 420 g/mol. The van der Waals surface area contributed by atoms with Crippen molar-refractivity contribution in [1.82, 2.24) is 0 Å². The zero-order valence-corrected chi connectivity index (χ0v) is 16.9. The number of allylic oxidation sites excluding steroid dienone is 2. The third kappa shape index (κ3) is 4.00. The summed E-state index contributed by atoms with van der Waals surface area (Å²) in [6.07, 6.45) is 1.75. The van der Waals surface area contributed by atoms with Crippen LogP contribution in [-0.4, -0.2) is 11.1 Å². The van der Waals surface area contributed by atoms with Gasteiger partial charge in [-0.15, -0.1) is 0 Å². The van der Waals surface area contributed by atoms with Crippen molar-refractivity contribution in [3.05, 3.63) is 99.8 Å². The summed E-state index contributed by atoms with van der Waals surface area (Å²) in [5.41, 5.74) is 4.38. The molecule has 3 aromatic rings. The molecule has 1 N–H and O–H groups in total. The van der Waals surface area contributed by atoms with E-state index >= 15 is 0 Å². The number of aliphatic carboxylic acids is 1. The van der Waals surface area contributed by atoms with Gasteiger partial charge < -0.3 is 9.84 Å². The Hall–Kier alpha value is -3.37. The number of halogens is 2. The van der Waals surface area contributed by atoms with Gasteiger partial charge in [0.1, 0.15) is 17.3 Å². The first-order chi connectivity index (χ1) is 14.4. The molecule has 4 rings (SSSR count). The standard InChI is InChI=1S/C25H18ClFO3/c1-15-19(21-12-23(26)24(27)13-22(21)20(15)14-25(28)29)11-16-6-5-9-18(10-16)30-17-7-3-2-4-8-17/h2-13H,14H2,1H3,(H,28,29)/b19-11-. The SMILES string of the molecule is CC1=C(CC(=O)O)c2cc(F)c(Cl)cc2/C1=C\c1cccc(Oc2ccccc2)c1. The molecule has 0 aromatic heterocycles. The van der Waals surface area contributed by atoms with E-state index in [0.29, 0.717) is 16.9 Å². The summed E-state index contributed by atoms with van der Waals surface area (Å²) in [6, 6.07) is 19.9. The van der Waals surface area contributed by atoms with Crippen LogP contribution in [0.2, 0.25) is 5.02 Å². The highest BCUT2D eigenvalue weighted by Gasteiger charge is 2.26. The van der Waals surface area contributed by atoms with Gasteiger partial charge in [-0.3, -0.25) is 4.79 Å². The maximum atomic E-state index is 14.1. The van der Waals surface area contributed by atoms with Crippen molar-refractivity contribution in [1.29, 1.82) is 0 Å². The summed E-state index contributed by atoms with van der Waals surface area (Å²) in [5.74, 6) is -0.121. The van der Waals surface area contributed by atoms with Gasteiger partial charge in [0.15, 0.2) is 0 Å². The normalized spacial score (nSPS) is 14.2. The number of fused-ring (bicyclic) bond motifs is 1. The van der Waals surface area contributed by atoms with E-state index in [0.717, 1.165) is 28.0 Å². The second kappa shape index (κ2) is 8.17. The molecule has 0 spiro atoms. The number of rotatable bonds is 5. The van der Waals surface area contributed by atoms with Crippen molar-refractivity contribution in [3.63, 3.8) is 0 Å². The first-order valence-electron chi connectivity index (χ1n) is 9.39. The number of ether oxygens (including phenoxy) is 1. The molecule has 0 saturated heterocycles. The van der Waals surface area contributed by atoms with Crippen LogP contribution in [0.3, 0.4) is 0 Å². The summed E-state index contributed by atoms with van der Waals surface area (Å²) in [6.45, 7) is 1.85. The van der Waals surface area contributed by atoms with E-state index in [1.165, 1.54) is 6.07 Å². The van der Waals surface area contributed by atoms with Crippen LogP contribution in [0.4, 0.5) is 4.39 Å². The lowest BCUT2D eigenvalue weighted by Gasteiger charge is -2.08. The van der Waals surface area contributed by atoms with Crippen LogP contribution < -0.4 is 4.74 Å². The average Bonchev–Trinajstić information content (AvgIpc) is 2.94. The summed E-state index contributed by atoms with van der Waals surface area (Å²) < 4.78 is 20.0. The molecule has 150 valence electrons. The lowest BCUT2D eigenvalue weighted by Crippen LogP contribution is -1.97. The van der Waals surface area contributed by atoms with Crippen LogP contribution in [0.15, 0.2) is 72.3 Å². The van der Waals surface area contributed by atoms with Crippen LogP contribution in [0.25, 0.3) is 17.2 Å². The molecule has 0 radical (unpaired) electrons. The number of para-hydroxylation sites is 1. The van der Waals surface area contributed by atoms with Crippen LogP contribution in [0.5, 0.6) is 11.5 Å². The molecule has 1 aliphatic carbocycles. The van der Waals surface area contributed by atoms with Gasteiger partial charge in [-0.05, 0) is 82.8 Å². The molecule has 0 unspecified atom stereocenters. The largest absolute Gasteiger partial charge is 0.481 e. The van der Waals surface area contributed by atoms with Crippen molar-refractivity contribution >= 4 is 34.8 Å². The highest BCUT2D eigenvalue weighted by molar-refractivity contribution is 6.31. The van der Waals surface area contributed by atoms with Gasteiger partial charge in [-0.2, -0.15) is 0 Å². The number of carbonyl (C=O) groups is 1. The van der Waals surface area contributed by atoms with E-state index in [-0.39, 0.29) is 11.4 Å². The topological polar surface area (TPSA) is 46.5 Å². The van der Waals surface area contributed by atoms with Crippen molar-refractivity contribution in [2.24, 2.45) is 0 Å². The summed E-state index contributed by atoms with van der Waals surface area (Å²) >= 11 is 6.02. The molecule has 3 aromatic carbocycles. The molecular formula is C25H18ClFO3. The zero-order chi connectivity index (χ0) is 21.3. The van der Waals surface area contributed by atoms with Gasteiger partial charge in [0.25, 0.3) is 0 Å². The van der Waals surface area contributed by atoms with Crippen molar-refractivity contribution < 1.29 is 19.0 Å². The maximum absolute atomic E-state index is 14.1. The minimum atomic E-state index is -0.967. The summed E-state index contributed by atoms with van der Waals surface area (Å²) in [7, 11) is 0. The molecule has 0 atom stereocenters. The Kier molecular flexibility index (Phi) is 5.42. The minimum Gasteiger partial charge on any atom is -0.481 e. The second-order valence-corrected chi connectivity index (χ2v) is 7.44. The molecule has 0 bridgehead atoms. The zero-order valence-electron chi connectivity index (χ0n) is 16.2. The highest BCUT2D eigenvalue weighted by atomic mass is 35.5. The Balaban J connectivity index is 1.76. The molecule has 3 nitrogen and oxygen atoms in total.